The van der Waals surface area contributed by atoms with Gasteiger partial charge in [0, 0.05) is 13.8 Å². The second-order valence-electron chi connectivity index (χ2n) is 2.82. The van der Waals surface area contributed by atoms with E-state index in [-0.39, 0.29) is 5.45 Å². The average molecular weight is 210 g/mol. The summed E-state index contributed by atoms with van der Waals surface area (Å²) in [4.78, 5) is 3.03. The van der Waals surface area contributed by atoms with E-state index in [1.54, 1.807) is 24.3 Å². The minimum Gasteiger partial charge on any atom is -0.360 e. The van der Waals surface area contributed by atoms with Crippen LogP contribution in [-0.4, -0.2) is 24.0 Å². The van der Waals surface area contributed by atoms with Crippen LogP contribution in [0.3, 0.4) is 0 Å². The molecular weight excluding hydrogens is 199 g/mol. The van der Waals surface area contributed by atoms with Crippen LogP contribution in [0.2, 0.25) is 0 Å². The van der Waals surface area contributed by atoms with Crippen molar-refractivity contribution < 1.29 is 13.9 Å². The lowest BCUT2D eigenvalue weighted by Gasteiger charge is -2.04. The molecule has 0 saturated carbocycles. The molecule has 1 rings (SSSR count). The zero-order chi connectivity index (χ0) is 10.6. The third kappa shape index (κ3) is 2.18. The van der Waals surface area contributed by atoms with Crippen molar-refractivity contribution in [2.24, 2.45) is 0 Å². The molecule has 0 amide bonds. The van der Waals surface area contributed by atoms with Crippen molar-refractivity contribution in [1.29, 1.82) is 0 Å². The quantitative estimate of drug-likeness (QED) is 0.332. The average Bonchev–Trinajstić information content (AvgIpc) is 2.20. The van der Waals surface area contributed by atoms with E-state index in [0.29, 0.717) is 5.56 Å². The van der Waals surface area contributed by atoms with Crippen LogP contribution < -0.4 is 0 Å². The van der Waals surface area contributed by atoms with Crippen molar-refractivity contribution in [3.8, 4) is 0 Å². The van der Waals surface area contributed by atoms with Gasteiger partial charge in [-0.05, 0) is 12.1 Å². The summed E-state index contributed by atoms with van der Waals surface area (Å²) in [6.45, 7) is 1.41. The molecule has 0 spiro atoms. The lowest BCUT2D eigenvalue weighted by molar-refractivity contribution is -0.000508. The van der Waals surface area contributed by atoms with E-state index in [0.717, 1.165) is 0 Å². The second kappa shape index (κ2) is 4.34. The Balaban J connectivity index is 3.21. The summed E-state index contributed by atoms with van der Waals surface area (Å²) in [6.07, 6.45) is 0. The molecule has 0 bridgehead atoms. The summed E-state index contributed by atoms with van der Waals surface area (Å²) in [5, 5.41) is 0. The third-order valence-corrected chi connectivity index (χ3v) is 3.67. The molecule has 0 radical (unpaired) electrons. The fraction of sp³-hybridized carbons (Fsp3) is 0.222. The first-order valence-electron chi connectivity index (χ1n) is 4.03. The largest absolute Gasteiger partial charge is 0.380 e. The van der Waals surface area contributed by atoms with Gasteiger partial charge >= 0.3 is 12.8 Å². The van der Waals surface area contributed by atoms with E-state index < -0.39 is 7.37 Å². The third-order valence-electron chi connectivity index (χ3n) is 1.86. The lowest BCUT2D eigenvalue weighted by Crippen LogP contribution is -2.04. The maximum Gasteiger partial charge on any atom is 0.380 e. The smallest absolute Gasteiger partial charge is 0.360 e. The first-order chi connectivity index (χ1) is 6.61. The molecule has 0 aliphatic heterocycles. The summed E-state index contributed by atoms with van der Waals surface area (Å²) in [5.41, 5.74) is 9.47. The maximum atomic E-state index is 11.8. The Kier molecular flexibility index (Phi) is 3.37. The summed E-state index contributed by atoms with van der Waals surface area (Å²) in [6, 6.07) is 8.80. The molecule has 14 heavy (non-hydrogen) atoms. The van der Waals surface area contributed by atoms with Crippen LogP contribution in [0.25, 0.3) is 5.53 Å². The highest BCUT2D eigenvalue weighted by atomic mass is 31.2. The van der Waals surface area contributed by atoms with Crippen LogP contribution in [0, 0.1) is 0 Å². The van der Waals surface area contributed by atoms with Crippen LogP contribution >= 0.6 is 7.37 Å². The van der Waals surface area contributed by atoms with Crippen LogP contribution in [-0.2, 0) is 9.09 Å². The SMILES string of the molecule is COP(C)(=O)C(=[N+]=[N-])c1ccccc1. The Labute approximate surface area is 82.6 Å². The highest BCUT2D eigenvalue weighted by molar-refractivity contribution is 7.76. The molecule has 0 saturated heterocycles. The van der Waals surface area contributed by atoms with E-state index >= 15 is 0 Å². The minimum absolute atomic E-state index is 0.0839. The standard InChI is InChI=1S/C9H11N2O2P/c1-13-14(2,12)9(11-10)8-6-4-3-5-7-8/h3-7H,1-2H3. The van der Waals surface area contributed by atoms with Gasteiger partial charge in [0.05, 0.1) is 5.56 Å². The first kappa shape index (κ1) is 10.9. The van der Waals surface area contributed by atoms with Gasteiger partial charge in [0.2, 0.25) is 0 Å². The highest BCUT2D eigenvalue weighted by Gasteiger charge is 2.32. The summed E-state index contributed by atoms with van der Waals surface area (Å²) in [7, 11) is -1.68. The molecule has 74 valence electrons. The normalized spacial score (nSPS) is 14.1. The Hall–Kier alpha value is -1.21. The maximum absolute atomic E-state index is 11.8. The van der Waals surface area contributed by atoms with E-state index in [2.05, 4.69) is 4.79 Å². The molecule has 5 heteroatoms. The zero-order valence-corrected chi connectivity index (χ0v) is 8.94. The van der Waals surface area contributed by atoms with Crippen LogP contribution in [0.15, 0.2) is 30.3 Å². The summed E-state index contributed by atoms with van der Waals surface area (Å²) in [5.74, 6) is 0. The zero-order valence-electron chi connectivity index (χ0n) is 8.04. The molecule has 0 fully saturated rings. The number of hydrogen-bond donors (Lipinski definition) is 0. The minimum atomic E-state index is -3.01. The van der Waals surface area contributed by atoms with Gasteiger partial charge < -0.3 is 10.1 Å². The predicted molar refractivity (Wildman–Crippen MR) is 54.7 cm³/mol. The number of rotatable bonds is 3. The lowest BCUT2D eigenvalue weighted by atomic mass is 10.2. The van der Waals surface area contributed by atoms with Crippen molar-refractivity contribution in [2.45, 2.75) is 0 Å². The van der Waals surface area contributed by atoms with Gasteiger partial charge in [0.1, 0.15) is 0 Å². The topological polar surface area (TPSA) is 62.7 Å². The van der Waals surface area contributed by atoms with E-state index in [4.69, 9.17) is 10.1 Å². The molecule has 0 N–H and O–H groups in total. The Morgan fingerprint density at radius 3 is 2.43 bits per heavy atom. The molecular formula is C9H11N2O2P. The van der Waals surface area contributed by atoms with Crippen molar-refractivity contribution in [3.63, 3.8) is 0 Å². The molecule has 1 atom stereocenters. The second-order valence-corrected chi connectivity index (χ2v) is 5.30. The molecule has 0 aliphatic rings. The molecule has 1 aromatic rings. The Morgan fingerprint density at radius 1 is 1.43 bits per heavy atom. The Bertz CT molecular complexity index is 410. The van der Waals surface area contributed by atoms with E-state index in [1.165, 1.54) is 13.8 Å². The van der Waals surface area contributed by atoms with Crippen molar-refractivity contribution >= 4 is 12.8 Å². The molecule has 0 aromatic heterocycles. The molecule has 1 aromatic carbocycles. The van der Waals surface area contributed by atoms with Crippen molar-refractivity contribution in [1.82, 2.24) is 0 Å². The molecule has 1 unspecified atom stereocenters. The molecule has 0 aliphatic carbocycles. The van der Waals surface area contributed by atoms with Crippen molar-refractivity contribution in [2.75, 3.05) is 13.8 Å². The first-order valence-corrected chi connectivity index (χ1v) is 6.10. The van der Waals surface area contributed by atoms with Crippen molar-refractivity contribution in [3.05, 3.63) is 41.4 Å². The van der Waals surface area contributed by atoms with Crippen LogP contribution in [0.4, 0.5) is 0 Å². The van der Waals surface area contributed by atoms with Gasteiger partial charge in [-0.25, -0.2) is 0 Å². The fourth-order valence-corrected chi connectivity index (χ4v) is 2.00. The van der Waals surface area contributed by atoms with E-state index in [9.17, 15) is 4.57 Å². The van der Waals surface area contributed by atoms with Crippen LogP contribution in [0.1, 0.15) is 5.56 Å². The summed E-state index contributed by atoms with van der Waals surface area (Å²) >= 11 is 0. The van der Waals surface area contributed by atoms with Gasteiger partial charge in [-0.1, -0.05) is 18.2 Å². The molecule has 0 heterocycles. The fourth-order valence-electron chi connectivity index (χ4n) is 1.05. The van der Waals surface area contributed by atoms with Gasteiger partial charge in [-0.15, -0.1) is 0 Å². The van der Waals surface area contributed by atoms with Gasteiger partial charge in [-0.2, -0.15) is 4.79 Å². The van der Waals surface area contributed by atoms with Gasteiger partial charge in [0.15, 0.2) is 0 Å². The number of benzene rings is 1. The van der Waals surface area contributed by atoms with Crippen LogP contribution in [0.5, 0.6) is 0 Å². The monoisotopic (exact) mass is 210 g/mol. The van der Waals surface area contributed by atoms with E-state index in [1.807, 2.05) is 6.07 Å². The highest BCUT2D eigenvalue weighted by Crippen LogP contribution is 2.44. The number of nitrogens with zero attached hydrogens (tertiary/aromatic N) is 2. The number of hydrogen-bond acceptors (Lipinski definition) is 2. The van der Waals surface area contributed by atoms with Gasteiger partial charge in [0.25, 0.3) is 0 Å². The summed E-state index contributed by atoms with van der Waals surface area (Å²) < 4.78 is 16.6. The molecule has 4 nitrogen and oxygen atoms in total. The van der Waals surface area contributed by atoms with Gasteiger partial charge in [-0.3, -0.25) is 4.57 Å². The predicted octanol–water partition coefficient (Wildman–Crippen LogP) is 2.22. The Morgan fingerprint density at radius 2 is 2.00 bits per heavy atom.